The molecule has 0 saturated carbocycles. The molecule has 8 nitrogen and oxygen atoms in total. The van der Waals surface area contributed by atoms with Crippen molar-refractivity contribution in [3.63, 3.8) is 0 Å². The Hall–Kier alpha value is -2.51. The highest BCUT2D eigenvalue weighted by atomic mass is 16.2. The Morgan fingerprint density at radius 3 is 2.83 bits per heavy atom. The maximum Gasteiger partial charge on any atom is 0.291 e. The number of hydrogen-bond acceptors (Lipinski definition) is 5. The minimum absolute atomic E-state index is 0.0666. The van der Waals surface area contributed by atoms with Gasteiger partial charge in [-0.15, -0.1) is 0 Å². The van der Waals surface area contributed by atoms with Gasteiger partial charge in [0.05, 0.1) is 18.3 Å². The van der Waals surface area contributed by atoms with Gasteiger partial charge in [-0.3, -0.25) is 14.7 Å². The first-order chi connectivity index (χ1) is 11.4. The third-order valence-corrected chi connectivity index (χ3v) is 4.27. The summed E-state index contributed by atoms with van der Waals surface area (Å²) in [7, 11) is 0. The van der Waals surface area contributed by atoms with Crippen molar-refractivity contribution in [1.82, 2.24) is 29.9 Å². The van der Waals surface area contributed by atoms with Gasteiger partial charge in [0, 0.05) is 18.0 Å². The predicted molar refractivity (Wildman–Crippen MR) is 87.6 cm³/mol. The van der Waals surface area contributed by atoms with Crippen LogP contribution in [0.25, 0.3) is 0 Å². The van der Waals surface area contributed by atoms with Gasteiger partial charge >= 0.3 is 0 Å². The van der Waals surface area contributed by atoms with E-state index >= 15 is 0 Å². The lowest BCUT2D eigenvalue weighted by Crippen LogP contribution is -2.41. The van der Waals surface area contributed by atoms with E-state index in [0.29, 0.717) is 13.1 Å². The molecule has 2 aromatic rings. The average Bonchev–Trinajstić information content (AvgIpc) is 3.19. The summed E-state index contributed by atoms with van der Waals surface area (Å²) in [6.07, 6.45) is 3.06. The molecule has 1 saturated heterocycles. The van der Waals surface area contributed by atoms with Crippen LogP contribution in [0.2, 0.25) is 0 Å². The van der Waals surface area contributed by atoms with E-state index in [1.165, 1.54) is 11.0 Å². The Labute approximate surface area is 139 Å². The van der Waals surface area contributed by atoms with Gasteiger partial charge in [0.2, 0.25) is 5.82 Å². The van der Waals surface area contributed by atoms with E-state index in [1.807, 2.05) is 0 Å². The zero-order chi connectivity index (χ0) is 17.3. The fourth-order valence-electron chi connectivity index (χ4n) is 2.92. The number of aromatic amines is 1. The van der Waals surface area contributed by atoms with Crippen LogP contribution in [0.3, 0.4) is 0 Å². The summed E-state index contributed by atoms with van der Waals surface area (Å²) in [5.41, 5.74) is 0.565. The van der Waals surface area contributed by atoms with Crippen LogP contribution >= 0.6 is 0 Å². The first-order valence-corrected chi connectivity index (χ1v) is 8.11. The van der Waals surface area contributed by atoms with E-state index in [-0.39, 0.29) is 28.7 Å². The van der Waals surface area contributed by atoms with Gasteiger partial charge in [-0.1, -0.05) is 20.8 Å². The largest absolute Gasteiger partial charge is 0.331 e. The quantitative estimate of drug-likeness (QED) is 0.904. The number of nitrogens with one attached hydrogen (secondary N) is 1. The molecule has 0 aromatic carbocycles. The number of carbonyl (C=O) groups is 1. The lowest BCUT2D eigenvalue weighted by Gasteiger charge is -2.25. The maximum atomic E-state index is 12.5. The highest BCUT2D eigenvalue weighted by Gasteiger charge is 2.31. The lowest BCUT2D eigenvalue weighted by molar-refractivity contribution is 0.0708. The van der Waals surface area contributed by atoms with Crippen molar-refractivity contribution in [2.75, 3.05) is 6.54 Å². The Morgan fingerprint density at radius 1 is 1.38 bits per heavy atom. The molecule has 128 valence electrons. The average molecular weight is 330 g/mol. The van der Waals surface area contributed by atoms with Crippen molar-refractivity contribution in [3.8, 4) is 0 Å². The SMILES string of the molecule is CC(C)(C)c1ccc(=O)n(CC2CCCN2C(=O)c2ncn[nH]2)n1. The minimum Gasteiger partial charge on any atom is -0.331 e. The van der Waals surface area contributed by atoms with Crippen LogP contribution in [0.5, 0.6) is 0 Å². The number of aromatic nitrogens is 5. The molecule has 1 aliphatic rings. The van der Waals surface area contributed by atoms with Crippen molar-refractivity contribution < 1.29 is 4.79 Å². The summed E-state index contributed by atoms with van der Waals surface area (Å²) in [5, 5.41) is 10.8. The highest BCUT2D eigenvalue weighted by molar-refractivity contribution is 5.90. The van der Waals surface area contributed by atoms with Crippen molar-refractivity contribution in [2.24, 2.45) is 0 Å². The summed E-state index contributed by atoms with van der Waals surface area (Å²) in [6.45, 7) is 7.21. The smallest absolute Gasteiger partial charge is 0.291 e. The molecule has 0 radical (unpaired) electrons. The van der Waals surface area contributed by atoms with Gasteiger partial charge in [0.15, 0.2) is 0 Å². The number of H-pyrrole nitrogens is 1. The van der Waals surface area contributed by atoms with Gasteiger partial charge in [-0.25, -0.2) is 9.67 Å². The Morgan fingerprint density at radius 2 is 2.17 bits per heavy atom. The summed E-state index contributed by atoms with van der Waals surface area (Å²) in [6, 6.07) is 3.25. The molecule has 1 unspecified atom stereocenters. The molecule has 24 heavy (non-hydrogen) atoms. The molecule has 8 heteroatoms. The van der Waals surface area contributed by atoms with E-state index in [2.05, 4.69) is 41.1 Å². The van der Waals surface area contributed by atoms with Crippen LogP contribution < -0.4 is 5.56 Å². The second kappa shape index (κ2) is 6.18. The van der Waals surface area contributed by atoms with Crippen molar-refractivity contribution in [1.29, 1.82) is 0 Å². The van der Waals surface area contributed by atoms with Gasteiger partial charge in [0.25, 0.3) is 11.5 Å². The molecule has 1 N–H and O–H groups in total. The topological polar surface area (TPSA) is 96.8 Å². The summed E-state index contributed by atoms with van der Waals surface area (Å²) in [4.78, 5) is 30.3. The van der Waals surface area contributed by atoms with Gasteiger partial charge < -0.3 is 4.90 Å². The highest BCUT2D eigenvalue weighted by Crippen LogP contribution is 2.21. The number of carbonyl (C=O) groups excluding carboxylic acids is 1. The van der Waals surface area contributed by atoms with E-state index < -0.39 is 0 Å². The minimum atomic E-state index is -0.185. The van der Waals surface area contributed by atoms with E-state index in [9.17, 15) is 9.59 Å². The molecular weight excluding hydrogens is 308 g/mol. The molecule has 0 spiro atoms. The molecule has 1 atom stereocenters. The molecule has 2 aromatic heterocycles. The Kier molecular flexibility index (Phi) is 4.21. The van der Waals surface area contributed by atoms with Gasteiger partial charge in [-0.2, -0.15) is 10.2 Å². The number of rotatable bonds is 3. The fraction of sp³-hybridized carbons (Fsp3) is 0.562. The summed E-state index contributed by atoms with van der Waals surface area (Å²) in [5.74, 6) is 0.0423. The number of likely N-dealkylation sites (tertiary alicyclic amines) is 1. The van der Waals surface area contributed by atoms with Crippen LogP contribution in [0.15, 0.2) is 23.3 Å². The maximum absolute atomic E-state index is 12.5. The second-order valence-corrected chi connectivity index (χ2v) is 7.12. The van der Waals surface area contributed by atoms with Crippen molar-refractivity contribution in [2.45, 2.75) is 51.6 Å². The first-order valence-electron chi connectivity index (χ1n) is 8.11. The molecule has 3 rings (SSSR count). The molecular formula is C16H22N6O2. The number of amides is 1. The van der Waals surface area contributed by atoms with Crippen LogP contribution in [-0.4, -0.2) is 48.4 Å². The van der Waals surface area contributed by atoms with Crippen LogP contribution in [0.1, 0.15) is 49.9 Å². The third-order valence-electron chi connectivity index (χ3n) is 4.27. The van der Waals surface area contributed by atoms with E-state index in [1.54, 1.807) is 17.0 Å². The monoisotopic (exact) mass is 330 g/mol. The molecule has 1 amide bonds. The van der Waals surface area contributed by atoms with Crippen LogP contribution in [0.4, 0.5) is 0 Å². The normalized spacial score (nSPS) is 18.1. The van der Waals surface area contributed by atoms with Crippen LogP contribution in [-0.2, 0) is 12.0 Å². The van der Waals surface area contributed by atoms with E-state index in [0.717, 1.165) is 18.5 Å². The second-order valence-electron chi connectivity index (χ2n) is 7.12. The zero-order valence-corrected chi connectivity index (χ0v) is 14.2. The first kappa shape index (κ1) is 16.4. The summed E-state index contributed by atoms with van der Waals surface area (Å²) < 4.78 is 1.47. The number of nitrogens with zero attached hydrogens (tertiary/aromatic N) is 5. The molecule has 1 fully saturated rings. The van der Waals surface area contributed by atoms with E-state index in [4.69, 9.17) is 0 Å². The van der Waals surface area contributed by atoms with Crippen molar-refractivity contribution >= 4 is 5.91 Å². The van der Waals surface area contributed by atoms with Gasteiger partial charge in [0.1, 0.15) is 6.33 Å². The fourth-order valence-corrected chi connectivity index (χ4v) is 2.92. The summed E-state index contributed by atoms with van der Waals surface area (Å²) >= 11 is 0. The Bertz CT molecular complexity index is 775. The Balaban J connectivity index is 1.82. The molecule has 0 bridgehead atoms. The molecule has 0 aliphatic carbocycles. The van der Waals surface area contributed by atoms with Crippen molar-refractivity contribution in [3.05, 3.63) is 40.3 Å². The predicted octanol–water partition coefficient (Wildman–Crippen LogP) is 0.964. The molecule has 3 heterocycles. The van der Waals surface area contributed by atoms with Gasteiger partial charge in [-0.05, 0) is 18.9 Å². The molecule has 1 aliphatic heterocycles. The lowest BCUT2D eigenvalue weighted by atomic mass is 9.92. The standard InChI is InChI=1S/C16H22N6O2/c1-16(2,3)12-6-7-13(23)22(20-12)9-11-5-4-8-21(11)15(24)14-17-10-18-19-14/h6-7,10-11H,4-5,8-9H2,1-3H3,(H,17,18,19). The third kappa shape index (κ3) is 3.22. The zero-order valence-electron chi connectivity index (χ0n) is 14.2. The number of hydrogen-bond donors (Lipinski definition) is 1. The van der Waals surface area contributed by atoms with Crippen LogP contribution in [0, 0.1) is 0 Å².